The molecular formula is C14H16ClNO. The van der Waals surface area contributed by atoms with Crippen molar-refractivity contribution in [3.63, 3.8) is 0 Å². The van der Waals surface area contributed by atoms with Crippen LogP contribution in [0.4, 0.5) is 5.69 Å². The maximum absolute atomic E-state index is 11.6. The number of rotatable bonds is 2. The van der Waals surface area contributed by atoms with Crippen LogP contribution in [0, 0.1) is 6.92 Å². The Labute approximate surface area is 107 Å². The van der Waals surface area contributed by atoms with Crippen molar-refractivity contribution >= 4 is 23.1 Å². The fourth-order valence-electron chi connectivity index (χ4n) is 1.98. The van der Waals surface area contributed by atoms with Gasteiger partial charge in [0.25, 0.3) is 0 Å². The number of hydrogen-bond acceptors (Lipinski definition) is 2. The highest BCUT2D eigenvalue weighted by Gasteiger charge is 2.14. The molecule has 1 fully saturated rings. The molecule has 0 heterocycles. The highest BCUT2D eigenvalue weighted by molar-refractivity contribution is 6.34. The molecular weight excluding hydrogens is 234 g/mol. The van der Waals surface area contributed by atoms with Crippen molar-refractivity contribution in [2.75, 3.05) is 5.32 Å². The van der Waals surface area contributed by atoms with E-state index in [1.54, 1.807) is 0 Å². The number of ketones is 1. The van der Waals surface area contributed by atoms with Crippen LogP contribution in [-0.2, 0) is 4.79 Å². The van der Waals surface area contributed by atoms with Crippen molar-refractivity contribution in [1.82, 2.24) is 0 Å². The van der Waals surface area contributed by atoms with E-state index in [0.717, 1.165) is 36.1 Å². The summed E-state index contributed by atoms with van der Waals surface area (Å²) in [6, 6.07) is 5.83. The number of Topliss-reactive ketones (excluding diaryl/α,β-unsaturated/α-hetero) is 1. The highest BCUT2D eigenvalue weighted by Crippen LogP contribution is 2.26. The summed E-state index contributed by atoms with van der Waals surface area (Å²) in [5.41, 5.74) is 2.77. The molecule has 0 bridgehead atoms. The van der Waals surface area contributed by atoms with E-state index in [1.807, 2.05) is 31.3 Å². The van der Waals surface area contributed by atoms with E-state index in [2.05, 4.69) is 5.32 Å². The van der Waals surface area contributed by atoms with Crippen LogP contribution in [0.1, 0.15) is 31.2 Å². The Hall–Kier alpha value is -1.28. The van der Waals surface area contributed by atoms with Gasteiger partial charge in [-0.15, -0.1) is 0 Å². The topological polar surface area (TPSA) is 29.1 Å². The predicted molar refractivity (Wildman–Crippen MR) is 71.4 cm³/mol. The smallest absolute Gasteiger partial charge is 0.160 e. The van der Waals surface area contributed by atoms with Crippen molar-refractivity contribution in [2.24, 2.45) is 0 Å². The van der Waals surface area contributed by atoms with E-state index in [9.17, 15) is 4.79 Å². The Morgan fingerprint density at radius 1 is 1.29 bits per heavy atom. The van der Waals surface area contributed by atoms with Gasteiger partial charge < -0.3 is 5.32 Å². The van der Waals surface area contributed by atoms with Gasteiger partial charge in [0.1, 0.15) is 0 Å². The molecule has 90 valence electrons. The third kappa shape index (κ3) is 2.89. The van der Waals surface area contributed by atoms with Gasteiger partial charge in [0.05, 0.1) is 10.7 Å². The van der Waals surface area contributed by atoms with Crippen LogP contribution in [0.15, 0.2) is 30.0 Å². The Kier molecular flexibility index (Phi) is 3.85. The molecule has 1 aliphatic carbocycles. The minimum Gasteiger partial charge on any atom is -0.360 e. The summed E-state index contributed by atoms with van der Waals surface area (Å²) in [7, 11) is 0. The molecule has 0 saturated heterocycles. The first kappa shape index (κ1) is 12.2. The van der Waals surface area contributed by atoms with Gasteiger partial charge >= 0.3 is 0 Å². The Bertz CT molecular complexity index is 465. The van der Waals surface area contributed by atoms with Crippen molar-refractivity contribution < 1.29 is 4.79 Å². The summed E-state index contributed by atoms with van der Waals surface area (Å²) in [4.78, 5) is 11.6. The van der Waals surface area contributed by atoms with Gasteiger partial charge in [-0.25, -0.2) is 0 Å². The minimum absolute atomic E-state index is 0.257. The van der Waals surface area contributed by atoms with Gasteiger partial charge in [-0.05, 0) is 37.8 Å². The third-order valence-corrected chi connectivity index (χ3v) is 3.55. The van der Waals surface area contributed by atoms with Crippen LogP contribution in [0.3, 0.4) is 0 Å². The van der Waals surface area contributed by atoms with Crippen molar-refractivity contribution in [2.45, 2.75) is 32.6 Å². The summed E-state index contributed by atoms with van der Waals surface area (Å²) in [6.45, 7) is 1.96. The Morgan fingerprint density at radius 2 is 2.06 bits per heavy atom. The standard InChI is InChI=1S/C14H16ClNO/c1-10-5-4-7-12(14(10)15)16-9-11-6-2-3-8-13(11)17/h4-5,7,9,16H,2-3,6,8H2,1H3/b11-9-. The van der Waals surface area contributed by atoms with Crippen LogP contribution in [0.5, 0.6) is 0 Å². The molecule has 0 aliphatic heterocycles. The first-order valence-corrected chi connectivity index (χ1v) is 6.30. The van der Waals surface area contributed by atoms with Crippen LogP contribution in [-0.4, -0.2) is 5.78 Å². The van der Waals surface area contributed by atoms with Crippen LogP contribution < -0.4 is 5.32 Å². The van der Waals surface area contributed by atoms with Crippen LogP contribution >= 0.6 is 11.6 Å². The number of carbonyl (C=O) groups is 1. The molecule has 0 atom stereocenters. The van der Waals surface area contributed by atoms with E-state index in [0.29, 0.717) is 11.4 Å². The van der Waals surface area contributed by atoms with E-state index in [1.165, 1.54) is 0 Å². The number of allylic oxidation sites excluding steroid dienone is 1. The maximum Gasteiger partial charge on any atom is 0.160 e. The predicted octanol–water partition coefficient (Wildman–Crippen LogP) is 4.09. The minimum atomic E-state index is 0.257. The molecule has 0 radical (unpaired) electrons. The number of benzene rings is 1. The van der Waals surface area contributed by atoms with Crippen molar-refractivity contribution in [3.8, 4) is 0 Å². The number of hydrogen-bond donors (Lipinski definition) is 1. The second-order valence-electron chi connectivity index (χ2n) is 4.38. The van der Waals surface area contributed by atoms with Crippen molar-refractivity contribution in [1.29, 1.82) is 0 Å². The number of carbonyl (C=O) groups excluding carboxylic acids is 1. The molecule has 0 unspecified atom stereocenters. The summed E-state index contributed by atoms with van der Waals surface area (Å²) in [6.07, 6.45) is 5.47. The summed E-state index contributed by atoms with van der Waals surface area (Å²) in [5.74, 6) is 0.257. The monoisotopic (exact) mass is 249 g/mol. The first-order chi connectivity index (χ1) is 8.18. The number of aryl methyl sites for hydroxylation is 1. The number of halogens is 1. The van der Waals surface area contributed by atoms with Crippen molar-refractivity contribution in [3.05, 3.63) is 40.6 Å². The lowest BCUT2D eigenvalue weighted by Gasteiger charge is -2.13. The summed E-state index contributed by atoms with van der Waals surface area (Å²) >= 11 is 6.17. The molecule has 0 amide bonds. The van der Waals surface area contributed by atoms with Crippen LogP contribution in [0.2, 0.25) is 5.02 Å². The SMILES string of the molecule is Cc1cccc(N/C=C2/CCCCC2=O)c1Cl. The van der Waals surface area contributed by atoms with Gasteiger partial charge in [-0.1, -0.05) is 23.7 Å². The zero-order chi connectivity index (χ0) is 12.3. The van der Waals surface area contributed by atoms with Gasteiger partial charge in [0.15, 0.2) is 5.78 Å². The van der Waals surface area contributed by atoms with E-state index in [-0.39, 0.29) is 5.78 Å². The second kappa shape index (κ2) is 5.37. The molecule has 2 nitrogen and oxygen atoms in total. The molecule has 1 aromatic carbocycles. The molecule has 1 aromatic rings. The molecule has 3 heteroatoms. The number of nitrogens with one attached hydrogen (secondary N) is 1. The molecule has 0 aromatic heterocycles. The van der Waals surface area contributed by atoms with Gasteiger partial charge in [0.2, 0.25) is 0 Å². The molecule has 1 N–H and O–H groups in total. The quantitative estimate of drug-likeness (QED) is 0.800. The zero-order valence-corrected chi connectivity index (χ0v) is 10.7. The van der Waals surface area contributed by atoms with Crippen LogP contribution in [0.25, 0.3) is 0 Å². The first-order valence-electron chi connectivity index (χ1n) is 5.92. The maximum atomic E-state index is 11.6. The van der Waals surface area contributed by atoms with E-state index in [4.69, 9.17) is 11.6 Å². The highest BCUT2D eigenvalue weighted by atomic mass is 35.5. The van der Waals surface area contributed by atoms with Gasteiger partial charge in [0, 0.05) is 18.2 Å². The molecule has 17 heavy (non-hydrogen) atoms. The summed E-state index contributed by atoms with van der Waals surface area (Å²) in [5, 5.41) is 3.85. The lowest BCUT2D eigenvalue weighted by Crippen LogP contribution is -2.10. The normalized spacial score (nSPS) is 18.5. The Morgan fingerprint density at radius 3 is 2.82 bits per heavy atom. The fraction of sp³-hybridized carbons (Fsp3) is 0.357. The second-order valence-corrected chi connectivity index (χ2v) is 4.76. The lowest BCUT2D eigenvalue weighted by molar-refractivity contribution is -0.116. The fourth-order valence-corrected chi connectivity index (χ4v) is 2.16. The largest absolute Gasteiger partial charge is 0.360 e. The van der Waals surface area contributed by atoms with Gasteiger partial charge in [-0.2, -0.15) is 0 Å². The molecule has 1 saturated carbocycles. The number of anilines is 1. The van der Waals surface area contributed by atoms with E-state index >= 15 is 0 Å². The zero-order valence-electron chi connectivity index (χ0n) is 9.92. The molecule has 0 spiro atoms. The molecule has 2 rings (SSSR count). The summed E-state index contributed by atoms with van der Waals surface area (Å²) < 4.78 is 0. The Balaban J connectivity index is 2.13. The third-order valence-electron chi connectivity index (χ3n) is 3.05. The average molecular weight is 250 g/mol. The average Bonchev–Trinajstić information content (AvgIpc) is 2.33. The lowest BCUT2D eigenvalue weighted by atomic mass is 9.94. The van der Waals surface area contributed by atoms with E-state index < -0.39 is 0 Å². The molecule has 1 aliphatic rings. The van der Waals surface area contributed by atoms with Gasteiger partial charge in [-0.3, -0.25) is 4.79 Å².